The molecule has 0 aliphatic heterocycles. The van der Waals surface area contributed by atoms with E-state index in [4.69, 9.17) is 5.73 Å². The Balaban J connectivity index is 2.17. The maximum absolute atomic E-state index is 5.88. The van der Waals surface area contributed by atoms with Crippen LogP contribution in [0, 0.1) is 6.92 Å². The molecule has 0 bridgehead atoms. The quantitative estimate of drug-likeness (QED) is 0.873. The summed E-state index contributed by atoms with van der Waals surface area (Å²) < 4.78 is 0. The zero-order valence-corrected chi connectivity index (χ0v) is 10.1. The fourth-order valence-corrected chi connectivity index (χ4v) is 1.76. The number of aromatic nitrogens is 2. The van der Waals surface area contributed by atoms with E-state index in [0.717, 1.165) is 23.6 Å². The van der Waals surface area contributed by atoms with Gasteiger partial charge in [0, 0.05) is 18.9 Å². The Morgan fingerprint density at radius 2 is 2.12 bits per heavy atom. The molecule has 0 saturated carbocycles. The third-order valence-electron chi connectivity index (χ3n) is 2.58. The molecule has 17 heavy (non-hydrogen) atoms. The minimum atomic E-state index is 0.683. The summed E-state index contributed by atoms with van der Waals surface area (Å²) in [7, 11) is 2.00. The van der Waals surface area contributed by atoms with Crippen molar-refractivity contribution in [2.24, 2.45) is 0 Å². The third kappa shape index (κ3) is 2.72. The van der Waals surface area contributed by atoms with Crippen molar-refractivity contribution in [1.82, 2.24) is 9.97 Å². The second-order valence-corrected chi connectivity index (χ2v) is 4.06. The van der Waals surface area contributed by atoms with Gasteiger partial charge in [0.15, 0.2) is 0 Å². The van der Waals surface area contributed by atoms with Gasteiger partial charge in [-0.1, -0.05) is 6.07 Å². The summed E-state index contributed by atoms with van der Waals surface area (Å²) in [5, 5.41) is 0. The van der Waals surface area contributed by atoms with Crippen LogP contribution < -0.4 is 10.6 Å². The number of rotatable bonds is 3. The van der Waals surface area contributed by atoms with Gasteiger partial charge in [-0.05, 0) is 25.1 Å². The van der Waals surface area contributed by atoms with Gasteiger partial charge in [-0.2, -0.15) is 0 Å². The first kappa shape index (κ1) is 11.4. The van der Waals surface area contributed by atoms with E-state index in [1.54, 1.807) is 12.4 Å². The van der Waals surface area contributed by atoms with Crippen LogP contribution in [0.15, 0.2) is 36.7 Å². The average molecular weight is 228 g/mol. The highest BCUT2D eigenvalue weighted by Gasteiger charge is 2.06. The lowest BCUT2D eigenvalue weighted by Crippen LogP contribution is -2.18. The van der Waals surface area contributed by atoms with E-state index in [1.165, 1.54) is 0 Å². The second-order valence-electron chi connectivity index (χ2n) is 4.06. The van der Waals surface area contributed by atoms with Crippen LogP contribution in [0.25, 0.3) is 0 Å². The molecule has 2 heterocycles. The van der Waals surface area contributed by atoms with Gasteiger partial charge in [0.25, 0.3) is 0 Å². The molecule has 4 nitrogen and oxygen atoms in total. The predicted molar refractivity (Wildman–Crippen MR) is 69.7 cm³/mol. The highest BCUT2D eigenvalue weighted by Crippen LogP contribution is 2.21. The summed E-state index contributed by atoms with van der Waals surface area (Å²) >= 11 is 0. The van der Waals surface area contributed by atoms with Crippen molar-refractivity contribution in [3.8, 4) is 0 Å². The van der Waals surface area contributed by atoms with E-state index in [2.05, 4.69) is 14.9 Å². The van der Waals surface area contributed by atoms with Crippen molar-refractivity contribution in [2.75, 3.05) is 17.7 Å². The molecule has 2 aromatic rings. The van der Waals surface area contributed by atoms with E-state index in [-0.39, 0.29) is 0 Å². The highest BCUT2D eigenvalue weighted by molar-refractivity contribution is 5.65. The maximum Gasteiger partial charge on any atom is 0.0738 e. The molecule has 0 saturated heterocycles. The van der Waals surface area contributed by atoms with Gasteiger partial charge in [-0.25, -0.2) is 0 Å². The number of hydrogen-bond donors (Lipinski definition) is 1. The van der Waals surface area contributed by atoms with Gasteiger partial charge in [-0.15, -0.1) is 0 Å². The Morgan fingerprint density at radius 1 is 1.29 bits per heavy atom. The lowest BCUT2D eigenvalue weighted by molar-refractivity contribution is 0.877. The summed E-state index contributed by atoms with van der Waals surface area (Å²) in [5.74, 6) is 0. The molecule has 88 valence electrons. The number of hydrogen-bond acceptors (Lipinski definition) is 4. The molecule has 0 fully saturated rings. The summed E-state index contributed by atoms with van der Waals surface area (Å²) in [6.45, 7) is 2.72. The Morgan fingerprint density at radius 3 is 2.82 bits per heavy atom. The molecule has 0 aromatic carbocycles. The Kier molecular flexibility index (Phi) is 3.23. The number of nitrogens with zero attached hydrogens (tertiary/aromatic N) is 3. The van der Waals surface area contributed by atoms with Crippen LogP contribution in [-0.2, 0) is 6.54 Å². The second kappa shape index (κ2) is 4.82. The topological polar surface area (TPSA) is 55.0 Å². The van der Waals surface area contributed by atoms with Crippen molar-refractivity contribution < 1.29 is 0 Å². The minimum absolute atomic E-state index is 0.683. The molecule has 0 aliphatic carbocycles. The minimum Gasteiger partial charge on any atom is -0.396 e. The van der Waals surface area contributed by atoms with Crippen LogP contribution in [0.2, 0.25) is 0 Å². The molecule has 0 aliphatic rings. The molecule has 2 rings (SSSR count). The normalized spacial score (nSPS) is 10.2. The Hall–Kier alpha value is -2.10. The summed E-state index contributed by atoms with van der Waals surface area (Å²) in [6, 6.07) is 7.93. The lowest BCUT2D eigenvalue weighted by Gasteiger charge is -2.20. The van der Waals surface area contributed by atoms with Crippen molar-refractivity contribution in [2.45, 2.75) is 13.5 Å². The fraction of sp³-hybridized carbons (Fsp3) is 0.231. The van der Waals surface area contributed by atoms with Crippen LogP contribution in [0.5, 0.6) is 0 Å². The zero-order valence-electron chi connectivity index (χ0n) is 10.1. The maximum atomic E-state index is 5.88. The van der Waals surface area contributed by atoms with Crippen LogP contribution in [-0.4, -0.2) is 17.0 Å². The van der Waals surface area contributed by atoms with Crippen molar-refractivity contribution in [1.29, 1.82) is 0 Å². The first-order valence-electron chi connectivity index (χ1n) is 5.50. The van der Waals surface area contributed by atoms with Crippen LogP contribution in [0.1, 0.15) is 11.4 Å². The number of nitrogen functional groups attached to an aromatic ring is 1. The SMILES string of the molecule is Cc1cccc(CN(C)c2ccncc2N)n1. The number of pyridine rings is 2. The van der Waals surface area contributed by atoms with Gasteiger partial charge >= 0.3 is 0 Å². The third-order valence-corrected chi connectivity index (χ3v) is 2.58. The van der Waals surface area contributed by atoms with E-state index >= 15 is 0 Å². The highest BCUT2D eigenvalue weighted by atomic mass is 15.1. The van der Waals surface area contributed by atoms with E-state index in [9.17, 15) is 0 Å². The molecule has 0 unspecified atom stereocenters. The molecular formula is C13H16N4. The van der Waals surface area contributed by atoms with E-state index < -0.39 is 0 Å². The monoisotopic (exact) mass is 228 g/mol. The lowest BCUT2D eigenvalue weighted by atomic mass is 10.2. The Labute approximate surface area is 101 Å². The largest absolute Gasteiger partial charge is 0.396 e. The molecule has 4 heteroatoms. The summed E-state index contributed by atoms with van der Waals surface area (Å²) in [5.41, 5.74) is 9.60. The van der Waals surface area contributed by atoms with E-state index in [1.807, 2.05) is 38.2 Å². The molecule has 0 atom stereocenters. The summed E-state index contributed by atoms with van der Waals surface area (Å²) in [6.07, 6.45) is 3.40. The number of anilines is 2. The van der Waals surface area contributed by atoms with Crippen LogP contribution in [0.3, 0.4) is 0 Å². The number of nitrogens with two attached hydrogens (primary N) is 1. The zero-order chi connectivity index (χ0) is 12.3. The van der Waals surface area contributed by atoms with Gasteiger partial charge in [0.1, 0.15) is 0 Å². The standard InChI is InChI=1S/C13H16N4/c1-10-4-3-5-11(16-10)9-17(2)13-6-7-15-8-12(13)14/h3-8H,9,14H2,1-2H3. The molecular weight excluding hydrogens is 212 g/mol. The van der Waals surface area contributed by atoms with Gasteiger partial charge in [-0.3, -0.25) is 9.97 Å². The van der Waals surface area contributed by atoms with Gasteiger partial charge in [0.2, 0.25) is 0 Å². The first-order chi connectivity index (χ1) is 8.16. The average Bonchev–Trinajstić information content (AvgIpc) is 2.29. The smallest absolute Gasteiger partial charge is 0.0738 e. The van der Waals surface area contributed by atoms with Crippen molar-refractivity contribution in [3.05, 3.63) is 48.0 Å². The van der Waals surface area contributed by atoms with Gasteiger partial charge < -0.3 is 10.6 Å². The van der Waals surface area contributed by atoms with E-state index in [0.29, 0.717) is 5.69 Å². The van der Waals surface area contributed by atoms with Crippen LogP contribution in [0.4, 0.5) is 11.4 Å². The number of aryl methyl sites for hydroxylation is 1. The molecule has 0 amide bonds. The molecule has 2 aromatic heterocycles. The Bertz CT molecular complexity index is 510. The predicted octanol–water partition coefficient (Wildman–Crippen LogP) is 2.00. The molecule has 0 radical (unpaired) electrons. The first-order valence-corrected chi connectivity index (χ1v) is 5.50. The van der Waals surface area contributed by atoms with Crippen molar-refractivity contribution in [3.63, 3.8) is 0 Å². The van der Waals surface area contributed by atoms with Crippen molar-refractivity contribution >= 4 is 11.4 Å². The van der Waals surface area contributed by atoms with Gasteiger partial charge in [0.05, 0.1) is 29.8 Å². The summed E-state index contributed by atoms with van der Waals surface area (Å²) in [4.78, 5) is 10.5. The molecule has 2 N–H and O–H groups in total. The fourth-order valence-electron chi connectivity index (χ4n) is 1.76. The molecule has 0 spiro atoms. The van der Waals surface area contributed by atoms with Crippen LogP contribution >= 0.6 is 0 Å².